The van der Waals surface area contributed by atoms with Gasteiger partial charge >= 0.3 is 0 Å². The fourth-order valence-corrected chi connectivity index (χ4v) is 5.24. The summed E-state index contributed by atoms with van der Waals surface area (Å²) in [6.45, 7) is 0.992. The zero-order valence-electron chi connectivity index (χ0n) is 19.1. The van der Waals surface area contributed by atoms with Crippen molar-refractivity contribution in [2.75, 3.05) is 23.4 Å². The Kier molecular flexibility index (Phi) is 4.84. The zero-order valence-corrected chi connectivity index (χ0v) is 19.1. The third-order valence-electron chi connectivity index (χ3n) is 6.93. The second kappa shape index (κ2) is 8.03. The molecule has 3 heterocycles. The largest absolute Gasteiger partial charge is 0.337 e. The fourth-order valence-electron chi connectivity index (χ4n) is 5.24. The van der Waals surface area contributed by atoms with E-state index in [0.29, 0.717) is 5.57 Å². The highest BCUT2D eigenvalue weighted by Crippen LogP contribution is 2.37. The zero-order chi connectivity index (χ0) is 23.2. The van der Waals surface area contributed by atoms with Crippen LogP contribution in [-0.2, 0) is 22.6 Å². The monoisotopic (exact) mass is 447 g/mol. The fraction of sp³-hybridized carbons (Fsp3) is 0.172. The van der Waals surface area contributed by atoms with E-state index in [4.69, 9.17) is 0 Å². The number of rotatable bonds is 3. The number of amides is 2. The molecule has 0 bridgehead atoms. The molecule has 0 saturated heterocycles. The predicted molar refractivity (Wildman–Crippen MR) is 137 cm³/mol. The first-order valence-corrected chi connectivity index (χ1v) is 11.7. The maximum absolute atomic E-state index is 13.4. The molecule has 2 amide bonds. The van der Waals surface area contributed by atoms with Crippen molar-refractivity contribution in [1.82, 2.24) is 4.57 Å². The van der Waals surface area contributed by atoms with Gasteiger partial charge < -0.3 is 14.4 Å². The maximum atomic E-state index is 13.4. The molecule has 0 N–H and O–H groups in total. The number of hydrogen-bond acceptors (Lipinski definition) is 2. The van der Waals surface area contributed by atoms with E-state index in [1.807, 2.05) is 88.5 Å². The molecule has 3 aromatic carbocycles. The first kappa shape index (κ1) is 20.5. The summed E-state index contributed by atoms with van der Waals surface area (Å²) in [4.78, 5) is 30.0. The van der Waals surface area contributed by atoms with Crippen LogP contribution >= 0.6 is 0 Å². The molecule has 6 rings (SSSR count). The van der Waals surface area contributed by atoms with E-state index in [1.54, 1.807) is 11.9 Å². The molecule has 2 aliphatic heterocycles. The number of carbonyl (C=O) groups is 2. The van der Waals surface area contributed by atoms with E-state index in [-0.39, 0.29) is 18.4 Å². The lowest BCUT2D eigenvalue weighted by Crippen LogP contribution is -2.37. The van der Waals surface area contributed by atoms with Crippen LogP contribution in [0.4, 0.5) is 11.4 Å². The van der Waals surface area contributed by atoms with Crippen LogP contribution < -0.4 is 9.80 Å². The molecule has 5 nitrogen and oxygen atoms in total. The van der Waals surface area contributed by atoms with Crippen molar-refractivity contribution in [1.29, 1.82) is 0 Å². The van der Waals surface area contributed by atoms with Crippen molar-refractivity contribution in [3.8, 4) is 0 Å². The number of aromatic nitrogens is 1. The van der Waals surface area contributed by atoms with E-state index < -0.39 is 0 Å². The minimum absolute atomic E-state index is 0.0148. The SMILES string of the molecule is CN1C(=O)C(=Cc2cn(CC(=O)N3CCCc4ccccc43)c3ccccc23)c2ccccc21. The number of fused-ring (bicyclic) bond motifs is 3. The van der Waals surface area contributed by atoms with Gasteiger partial charge in [-0.2, -0.15) is 0 Å². The van der Waals surface area contributed by atoms with Crippen molar-refractivity contribution in [2.45, 2.75) is 19.4 Å². The smallest absolute Gasteiger partial charge is 0.258 e. The minimum Gasteiger partial charge on any atom is -0.337 e. The summed E-state index contributed by atoms with van der Waals surface area (Å²) in [6.07, 6.45) is 5.94. The summed E-state index contributed by atoms with van der Waals surface area (Å²) in [6, 6.07) is 24.1. The number of aryl methyl sites for hydroxylation is 1. The number of para-hydroxylation sites is 3. The van der Waals surface area contributed by atoms with Crippen molar-refractivity contribution >= 4 is 45.7 Å². The predicted octanol–water partition coefficient (Wildman–Crippen LogP) is 5.14. The molecule has 0 unspecified atom stereocenters. The Morgan fingerprint density at radius 2 is 1.68 bits per heavy atom. The summed E-state index contributed by atoms with van der Waals surface area (Å²) >= 11 is 0. The van der Waals surface area contributed by atoms with Gasteiger partial charge in [-0.15, -0.1) is 0 Å². The summed E-state index contributed by atoms with van der Waals surface area (Å²) in [5.74, 6) is 0.0631. The summed E-state index contributed by atoms with van der Waals surface area (Å²) in [7, 11) is 1.81. The van der Waals surface area contributed by atoms with Crippen molar-refractivity contribution in [3.63, 3.8) is 0 Å². The van der Waals surface area contributed by atoms with Crippen LogP contribution in [0.5, 0.6) is 0 Å². The van der Waals surface area contributed by atoms with Crippen LogP contribution in [0, 0.1) is 0 Å². The number of benzene rings is 3. The summed E-state index contributed by atoms with van der Waals surface area (Å²) in [5.41, 5.74) is 6.71. The Morgan fingerprint density at radius 1 is 0.941 bits per heavy atom. The normalized spacial score (nSPS) is 16.3. The lowest BCUT2D eigenvalue weighted by atomic mass is 10.0. The lowest BCUT2D eigenvalue weighted by molar-refractivity contribution is -0.119. The molecule has 0 aliphatic carbocycles. The van der Waals surface area contributed by atoms with Crippen LogP contribution in [-0.4, -0.2) is 30.0 Å². The highest BCUT2D eigenvalue weighted by molar-refractivity contribution is 6.36. The molecule has 0 spiro atoms. The molecule has 0 fully saturated rings. The number of likely N-dealkylation sites (N-methyl/N-ethyl adjacent to an activating group) is 1. The molecule has 2 aliphatic rings. The van der Waals surface area contributed by atoms with Gasteiger partial charge in [0, 0.05) is 53.1 Å². The van der Waals surface area contributed by atoms with Gasteiger partial charge in [0.2, 0.25) is 5.91 Å². The highest BCUT2D eigenvalue weighted by Gasteiger charge is 2.29. The summed E-state index contributed by atoms with van der Waals surface area (Å²) in [5, 5.41) is 1.03. The third kappa shape index (κ3) is 3.24. The van der Waals surface area contributed by atoms with Crippen molar-refractivity contribution in [2.24, 2.45) is 0 Å². The minimum atomic E-state index is -0.0148. The molecular formula is C29H25N3O2. The van der Waals surface area contributed by atoms with E-state index in [1.165, 1.54) is 5.56 Å². The van der Waals surface area contributed by atoms with Crippen molar-refractivity contribution < 1.29 is 9.59 Å². The first-order chi connectivity index (χ1) is 16.6. The van der Waals surface area contributed by atoms with Crippen LogP contribution in [0.25, 0.3) is 22.6 Å². The van der Waals surface area contributed by atoms with Gasteiger partial charge in [-0.05, 0) is 42.7 Å². The average Bonchev–Trinajstić information content (AvgIpc) is 3.34. The average molecular weight is 448 g/mol. The van der Waals surface area contributed by atoms with Gasteiger partial charge in [0.1, 0.15) is 6.54 Å². The lowest BCUT2D eigenvalue weighted by Gasteiger charge is -2.29. The van der Waals surface area contributed by atoms with E-state index in [0.717, 1.165) is 52.8 Å². The molecular weight excluding hydrogens is 422 g/mol. The van der Waals surface area contributed by atoms with Gasteiger partial charge in [0.25, 0.3) is 5.91 Å². The quantitative estimate of drug-likeness (QED) is 0.409. The van der Waals surface area contributed by atoms with E-state index >= 15 is 0 Å². The van der Waals surface area contributed by atoms with Gasteiger partial charge in [-0.25, -0.2) is 0 Å². The molecule has 0 radical (unpaired) electrons. The van der Waals surface area contributed by atoms with E-state index in [2.05, 4.69) is 6.07 Å². The molecule has 34 heavy (non-hydrogen) atoms. The van der Waals surface area contributed by atoms with Gasteiger partial charge in [0.15, 0.2) is 0 Å². The topological polar surface area (TPSA) is 45.6 Å². The molecule has 5 heteroatoms. The maximum Gasteiger partial charge on any atom is 0.258 e. The van der Waals surface area contributed by atoms with Gasteiger partial charge in [0.05, 0.1) is 5.69 Å². The second-order valence-electron chi connectivity index (χ2n) is 8.95. The Bertz CT molecular complexity index is 1480. The molecule has 4 aromatic rings. The molecule has 168 valence electrons. The standard InChI is InChI=1S/C29H25N3O2/c1-30-26-14-6-4-12-23(26)24(29(30)34)17-21-18-31(27-15-7-3-11-22(21)27)19-28(33)32-16-8-10-20-9-2-5-13-25(20)32/h2-7,9,11-15,17-18H,8,10,16,19H2,1H3. The van der Waals surface area contributed by atoms with Gasteiger partial charge in [-0.1, -0.05) is 54.6 Å². The van der Waals surface area contributed by atoms with Gasteiger partial charge in [-0.3, -0.25) is 9.59 Å². The Morgan fingerprint density at radius 3 is 2.56 bits per heavy atom. The van der Waals surface area contributed by atoms with Crippen LogP contribution in [0.2, 0.25) is 0 Å². The second-order valence-corrected chi connectivity index (χ2v) is 8.95. The van der Waals surface area contributed by atoms with Crippen LogP contribution in [0.1, 0.15) is 23.1 Å². The van der Waals surface area contributed by atoms with Crippen molar-refractivity contribution in [3.05, 3.63) is 95.7 Å². The number of carbonyl (C=O) groups excluding carboxylic acids is 2. The van der Waals surface area contributed by atoms with Crippen LogP contribution in [0.3, 0.4) is 0 Å². The number of hydrogen-bond donors (Lipinski definition) is 0. The number of nitrogens with zero attached hydrogens (tertiary/aromatic N) is 3. The van der Waals surface area contributed by atoms with E-state index in [9.17, 15) is 9.59 Å². The molecule has 1 aromatic heterocycles. The first-order valence-electron chi connectivity index (χ1n) is 11.7. The Hall–Kier alpha value is -4.12. The number of anilines is 2. The molecule has 0 saturated carbocycles. The highest BCUT2D eigenvalue weighted by atomic mass is 16.2. The summed E-state index contributed by atoms with van der Waals surface area (Å²) < 4.78 is 2.01. The van der Waals surface area contributed by atoms with Crippen LogP contribution in [0.15, 0.2) is 79.0 Å². The molecule has 0 atom stereocenters. The Balaban J connectivity index is 1.39. The Labute approximate surface area is 198 Å². The third-order valence-corrected chi connectivity index (χ3v) is 6.93.